The van der Waals surface area contributed by atoms with Crippen molar-refractivity contribution >= 4 is 22.7 Å². The fourth-order valence-corrected chi connectivity index (χ4v) is 4.22. The molecule has 6 nitrogen and oxygen atoms in total. The number of methoxy groups -OCH3 is 2. The average Bonchev–Trinajstić information content (AvgIpc) is 2.84. The standard InChI is InChI=1S/C25H23FN2O4S/c1-30-22-12-11-17(15-23(22)31-2)16-28-24(29)18-7-3-5-9-20(18)27-25(28)33-14-13-32-21-10-6-4-8-19(21)26/h3-12,15H,13-14,16H2,1-2H3. The third-order valence-electron chi connectivity index (χ3n) is 5.02. The molecule has 0 spiro atoms. The van der Waals surface area contributed by atoms with Crippen LogP contribution in [0.1, 0.15) is 5.56 Å². The van der Waals surface area contributed by atoms with Crippen LogP contribution < -0.4 is 19.8 Å². The number of nitrogens with zero attached hydrogens (tertiary/aromatic N) is 2. The van der Waals surface area contributed by atoms with E-state index in [1.807, 2.05) is 36.4 Å². The highest BCUT2D eigenvalue weighted by Gasteiger charge is 2.14. The van der Waals surface area contributed by atoms with Crippen LogP contribution >= 0.6 is 11.8 Å². The van der Waals surface area contributed by atoms with E-state index in [9.17, 15) is 9.18 Å². The number of benzene rings is 3. The van der Waals surface area contributed by atoms with Gasteiger partial charge in [-0.05, 0) is 42.0 Å². The maximum atomic E-state index is 13.8. The van der Waals surface area contributed by atoms with Crippen LogP contribution in [-0.4, -0.2) is 36.1 Å². The molecule has 0 aliphatic rings. The van der Waals surface area contributed by atoms with Crippen LogP contribution in [0, 0.1) is 5.82 Å². The molecule has 0 radical (unpaired) electrons. The predicted octanol–water partition coefficient (Wildman–Crippen LogP) is 4.77. The smallest absolute Gasteiger partial charge is 0.262 e. The van der Waals surface area contributed by atoms with E-state index in [0.29, 0.717) is 39.9 Å². The van der Waals surface area contributed by atoms with Crippen molar-refractivity contribution in [2.45, 2.75) is 11.7 Å². The molecular formula is C25H23FN2O4S. The maximum Gasteiger partial charge on any atom is 0.262 e. The molecule has 4 aromatic rings. The number of ether oxygens (including phenoxy) is 3. The van der Waals surface area contributed by atoms with Gasteiger partial charge < -0.3 is 14.2 Å². The van der Waals surface area contributed by atoms with Gasteiger partial charge in [-0.3, -0.25) is 9.36 Å². The monoisotopic (exact) mass is 466 g/mol. The van der Waals surface area contributed by atoms with E-state index in [2.05, 4.69) is 0 Å². The molecular weight excluding hydrogens is 443 g/mol. The van der Waals surface area contributed by atoms with Gasteiger partial charge in [-0.1, -0.05) is 42.1 Å². The number of thioether (sulfide) groups is 1. The topological polar surface area (TPSA) is 62.6 Å². The molecule has 8 heteroatoms. The molecule has 0 saturated heterocycles. The van der Waals surface area contributed by atoms with Gasteiger partial charge in [0.05, 0.1) is 38.3 Å². The highest BCUT2D eigenvalue weighted by Crippen LogP contribution is 2.28. The lowest BCUT2D eigenvalue weighted by Gasteiger charge is -2.15. The molecule has 0 saturated carbocycles. The summed E-state index contributed by atoms with van der Waals surface area (Å²) < 4.78 is 31.7. The van der Waals surface area contributed by atoms with Gasteiger partial charge in [0.1, 0.15) is 0 Å². The van der Waals surface area contributed by atoms with Gasteiger partial charge in [-0.25, -0.2) is 9.37 Å². The summed E-state index contributed by atoms with van der Waals surface area (Å²) in [7, 11) is 3.15. The fraction of sp³-hybridized carbons (Fsp3) is 0.200. The van der Waals surface area contributed by atoms with Gasteiger partial charge in [-0.2, -0.15) is 0 Å². The summed E-state index contributed by atoms with van der Waals surface area (Å²) in [5.74, 6) is 1.49. The Morgan fingerprint density at radius 2 is 1.70 bits per heavy atom. The minimum atomic E-state index is -0.406. The Morgan fingerprint density at radius 3 is 2.48 bits per heavy atom. The third kappa shape index (κ3) is 5.12. The number of hydrogen-bond acceptors (Lipinski definition) is 6. The minimum Gasteiger partial charge on any atom is -0.493 e. The van der Waals surface area contributed by atoms with Crippen LogP contribution in [0.4, 0.5) is 4.39 Å². The SMILES string of the molecule is COc1ccc(Cn2c(SCCOc3ccccc3F)nc3ccccc3c2=O)cc1OC. The lowest BCUT2D eigenvalue weighted by atomic mass is 10.2. The highest BCUT2D eigenvalue weighted by molar-refractivity contribution is 7.99. The molecule has 0 atom stereocenters. The molecule has 0 amide bonds. The first-order chi connectivity index (χ1) is 16.1. The zero-order valence-corrected chi connectivity index (χ0v) is 19.1. The molecule has 0 aliphatic carbocycles. The van der Waals surface area contributed by atoms with Gasteiger partial charge >= 0.3 is 0 Å². The Hall–Kier alpha value is -3.52. The largest absolute Gasteiger partial charge is 0.493 e. The van der Waals surface area contributed by atoms with E-state index in [0.717, 1.165) is 5.56 Å². The second-order valence-electron chi connectivity index (χ2n) is 7.12. The van der Waals surface area contributed by atoms with Gasteiger partial charge in [0.2, 0.25) is 0 Å². The van der Waals surface area contributed by atoms with E-state index in [4.69, 9.17) is 19.2 Å². The molecule has 3 aromatic carbocycles. The summed E-state index contributed by atoms with van der Waals surface area (Å²) in [5.41, 5.74) is 1.37. The lowest BCUT2D eigenvalue weighted by molar-refractivity contribution is 0.324. The molecule has 0 fully saturated rings. The zero-order chi connectivity index (χ0) is 23.2. The van der Waals surface area contributed by atoms with Crippen LogP contribution in [0.15, 0.2) is 76.7 Å². The first-order valence-corrected chi connectivity index (χ1v) is 11.3. The third-order valence-corrected chi connectivity index (χ3v) is 5.96. The lowest BCUT2D eigenvalue weighted by Crippen LogP contribution is -2.24. The van der Waals surface area contributed by atoms with Crippen LogP contribution in [0.25, 0.3) is 10.9 Å². The Morgan fingerprint density at radius 1 is 0.939 bits per heavy atom. The molecule has 0 N–H and O–H groups in total. The number of hydrogen-bond donors (Lipinski definition) is 0. The van der Waals surface area contributed by atoms with E-state index >= 15 is 0 Å². The number of para-hydroxylation sites is 2. The molecule has 0 bridgehead atoms. The molecule has 33 heavy (non-hydrogen) atoms. The van der Waals surface area contributed by atoms with Crippen molar-refractivity contribution in [1.29, 1.82) is 0 Å². The molecule has 4 rings (SSSR count). The summed E-state index contributed by atoms with van der Waals surface area (Å²) in [6.07, 6.45) is 0. The Kier molecular flexibility index (Phi) is 7.14. The average molecular weight is 467 g/mol. The van der Waals surface area contributed by atoms with E-state index in [1.54, 1.807) is 43.1 Å². The second-order valence-corrected chi connectivity index (χ2v) is 8.18. The van der Waals surface area contributed by atoms with Crippen molar-refractivity contribution in [1.82, 2.24) is 9.55 Å². The Balaban J connectivity index is 1.60. The zero-order valence-electron chi connectivity index (χ0n) is 18.3. The number of aromatic nitrogens is 2. The van der Waals surface area contributed by atoms with Gasteiger partial charge in [0.15, 0.2) is 28.2 Å². The van der Waals surface area contributed by atoms with Crippen LogP contribution in [0.3, 0.4) is 0 Å². The van der Waals surface area contributed by atoms with Gasteiger partial charge in [-0.15, -0.1) is 0 Å². The Labute approximate surface area is 194 Å². The summed E-state index contributed by atoms with van der Waals surface area (Å²) >= 11 is 1.39. The molecule has 1 aromatic heterocycles. The van der Waals surface area contributed by atoms with Gasteiger partial charge in [0, 0.05) is 5.75 Å². The fourth-order valence-electron chi connectivity index (χ4n) is 3.41. The normalized spacial score (nSPS) is 10.9. The van der Waals surface area contributed by atoms with Crippen molar-refractivity contribution in [2.24, 2.45) is 0 Å². The summed E-state index contributed by atoms with van der Waals surface area (Å²) in [4.78, 5) is 18.0. The van der Waals surface area contributed by atoms with Crippen molar-refractivity contribution in [3.63, 3.8) is 0 Å². The van der Waals surface area contributed by atoms with Crippen molar-refractivity contribution in [2.75, 3.05) is 26.6 Å². The quantitative estimate of drug-likeness (QED) is 0.201. The first-order valence-electron chi connectivity index (χ1n) is 10.3. The number of fused-ring (bicyclic) bond motifs is 1. The van der Waals surface area contributed by atoms with E-state index < -0.39 is 5.82 Å². The summed E-state index contributed by atoms with van der Waals surface area (Å²) in [5, 5.41) is 1.11. The van der Waals surface area contributed by atoms with Crippen molar-refractivity contribution in [3.8, 4) is 17.2 Å². The summed E-state index contributed by atoms with van der Waals surface area (Å²) in [6, 6.07) is 19.1. The minimum absolute atomic E-state index is 0.132. The predicted molar refractivity (Wildman–Crippen MR) is 127 cm³/mol. The maximum absolute atomic E-state index is 13.8. The second kappa shape index (κ2) is 10.4. The van der Waals surface area contributed by atoms with E-state index in [1.165, 1.54) is 17.8 Å². The first kappa shape index (κ1) is 22.7. The molecule has 170 valence electrons. The van der Waals surface area contributed by atoms with Crippen molar-refractivity contribution < 1.29 is 18.6 Å². The number of halogens is 1. The molecule has 0 aliphatic heterocycles. The van der Waals surface area contributed by atoms with Crippen LogP contribution in [0.2, 0.25) is 0 Å². The van der Waals surface area contributed by atoms with E-state index in [-0.39, 0.29) is 17.9 Å². The molecule has 1 heterocycles. The Bertz CT molecular complexity index is 1330. The highest BCUT2D eigenvalue weighted by atomic mass is 32.2. The molecule has 0 unspecified atom stereocenters. The summed E-state index contributed by atoms with van der Waals surface area (Å²) in [6.45, 7) is 0.582. The number of rotatable bonds is 9. The van der Waals surface area contributed by atoms with Crippen LogP contribution in [-0.2, 0) is 6.54 Å². The van der Waals surface area contributed by atoms with Gasteiger partial charge in [0.25, 0.3) is 5.56 Å². The van der Waals surface area contributed by atoms with Crippen LogP contribution in [0.5, 0.6) is 17.2 Å². The van der Waals surface area contributed by atoms with Crippen molar-refractivity contribution in [3.05, 3.63) is 88.5 Å².